The molecule has 0 saturated carbocycles. The molecule has 35 heavy (non-hydrogen) atoms. The highest BCUT2D eigenvalue weighted by Gasteiger charge is 2.31. The van der Waals surface area contributed by atoms with Gasteiger partial charge in [-0.2, -0.15) is 0 Å². The Morgan fingerprint density at radius 2 is 1.91 bits per heavy atom. The molecule has 0 N–H and O–H groups in total. The van der Waals surface area contributed by atoms with Crippen LogP contribution in [0, 0.1) is 0 Å². The van der Waals surface area contributed by atoms with E-state index in [-0.39, 0.29) is 11.9 Å². The average Bonchev–Trinajstić information content (AvgIpc) is 3.60. The van der Waals surface area contributed by atoms with Crippen LogP contribution in [-0.4, -0.2) is 76.3 Å². The summed E-state index contributed by atoms with van der Waals surface area (Å²) in [5, 5.41) is 12.7. The zero-order valence-electron chi connectivity index (χ0n) is 20.7. The molecule has 0 spiro atoms. The van der Waals surface area contributed by atoms with Gasteiger partial charge in [-0.05, 0) is 53.1 Å². The molecule has 188 valence electrons. The van der Waals surface area contributed by atoms with Gasteiger partial charge in [0, 0.05) is 32.7 Å². The fourth-order valence-electron chi connectivity index (χ4n) is 4.55. The number of methoxy groups -OCH3 is 2. The third-order valence-electron chi connectivity index (χ3n) is 6.52. The molecule has 1 saturated heterocycles. The van der Waals surface area contributed by atoms with Gasteiger partial charge in [0.05, 0.1) is 26.5 Å². The lowest BCUT2D eigenvalue weighted by Crippen LogP contribution is -2.50. The molecule has 0 unspecified atom stereocenters. The number of benzene rings is 1. The van der Waals surface area contributed by atoms with Crippen molar-refractivity contribution in [1.29, 1.82) is 0 Å². The van der Waals surface area contributed by atoms with Gasteiger partial charge in [-0.15, -0.1) is 5.10 Å². The fraction of sp³-hybridized carbons (Fsp3) is 0.520. The molecule has 3 aromatic rings. The Hall–Kier alpha value is -3.40. The third-order valence-corrected chi connectivity index (χ3v) is 6.52. The molecule has 1 aliphatic heterocycles. The van der Waals surface area contributed by atoms with Gasteiger partial charge in [-0.25, -0.2) is 4.68 Å². The molecule has 4 rings (SSSR count). The van der Waals surface area contributed by atoms with E-state index in [1.807, 2.05) is 27.8 Å². The Morgan fingerprint density at radius 1 is 1.11 bits per heavy atom. The van der Waals surface area contributed by atoms with E-state index in [4.69, 9.17) is 13.9 Å². The summed E-state index contributed by atoms with van der Waals surface area (Å²) in [6, 6.07) is 9.51. The first-order valence-electron chi connectivity index (χ1n) is 12.2. The van der Waals surface area contributed by atoms with Crippen LogP contribution in [-0.2, 0) is 13.0 Å². The van der Waals surface area contributed by atoms with Crippen LogP contribution in [0.3, 0.4) is 0 Å². The number of nitrogens with zero attached hydrogens (tertiary/aromatic N) is 6. The lowest BCUT2D eigenvalue weighted by molar-refractivity contribution is 0.0513. The van der Waals surface area contributed by atoms with Gasteiger partial charge in [0.1, 0.15) is 0 Å². The Kier molecular flexibility index (Phi) is 8.36. The van der Waals surface area contributed by atoms with Gasteiger partial charge in [0.15, 0.2) is 23.1 Å². The van der Waals surface area contributed by atoms with Gasteiger partial charge in [-0.3, -0.25) is 9.69 Å². The molecule has 1 fully saturated rings. The van der Waals surface area contributed by atoms with Crippen LogP contribution in [0.2, 0.25) is 0 Å². The molecule has 1 amide bonds. The first-order chi connectivity index (χ1) is 17.1. The third kappa shape index (κ3) is 5.82. The minimum atomic E-state index is -0.0560. The summed E-state index contributed by atoms with van der Waals surface area (Å²) in [4.78, 5) is 16.9. The monoisotopic (exact) mass is 482 g/mol. The van der Waals surface area contributed by atoms with E-state index in [0.717, 1.165) is 50.2 Å². The van der Waals surface area contributed by atoms with Crippen molar-refractivity contribution in [3.05, 3.63) is 53.7 Å². The van der Waals surface area contributed by atoms with Crippen molar-refractivity contribution in [2.75, 3.05) is 40.4 Å². The van der Waals surface area contributed by atoms with Gasteiger partial charge >= 0.3 is 0 Å². The number of tetrazole rings is 1. The molecule has 0 radical (unpaired) electrons. The Morgan fingerprint density at radius 3 is 2.60 bits per heavy atom. The number of piperazine rings is 1. The number of furan rings is 1. The SMILES string of the molecule is CCCC[C@H](c1nnnn1CCc1ccc(OC)c(OC)c1)N1CCN(C(=O)c2ccco2)CC1. The van der Waals surface area contributed by atoms with Crippen molar-refractivity contribution >= 4 is 5.91 Å². The van der Waals surface area contributed by atoms with Crippen molar-refractivity contribution in [2.45, 2.75) is 45.2 Å². The van der Waals surface area contributed by atoms with E-state index in [0.29, 0.717) is 36.9 Å². The van der Waals surface area contributed by atoms with Crippen molar-refractivity contribution < 1.29 is 18.7 Å². The lowest BCUT2D eigenvalue weighted by Gasteiger charge is -2.38. The van der Waals surface area contributed by atoms with E-state index in [9.17, 15) is 4.79 Å². The topological polar surface area (TPSA) is 98.7 Å². The van der Waals surface area contributed by atoms with Crippen LogP contribution in [0.25, 0.3) is 0 Å². The summed E-state index contributed by atoms with van der Waals surface area (Å²) in [5.74, 6) is 2.64. The summed E-state index contributed by atoms with van der Waals surface area (Å²) in [5.41, 5.74) is 1.12. The smallest absolute Gasteiger partial charge is 0.289 e. The molecule has 0 aliphatic carbocycles. The Labute approximate surface area is 205 Å². The molecular formula is C25H34N6O4. The van der Waals surface area contributed by atoms with Crippen LogP contribution < -0.4 is 9.47 Å². The number of unbranched alkanes of at least 4 members (excludes halogenated alkanes) is 1. The number of aryl methyl sites for hydroxylation is 2. The summed E-state index contributed by atoms with van der Waals surface area (Å²) < 4.78 is 18.0. The normalized spacial score (nSPS) is 15.2. The highest BCUT2D eigenvalue weighted by atomic mass is 16.5. The second kappa shape index (κ2) is 11.8. The molecule has 1 atom stereocenters. The molecule has 10 nitrogen and oxygen atoms in total. The maximum atomic E-state index is 12.7. The highest BCUT2D eigenvalue weighted by molar-refractivity contribution is 5.91. The predicted molar refractivity (Wildman–Crippen MR) is 130 cm³/mol. The number of rotatable bonds is 11. The zero-order valence-corrected chi connectivity index (χ0v) is 20.7. The standard InChI is InChI=1S/C25H34N6O4/c1-4-5-7-20(29-13-15-30(16-14-29)25(32)22-8-6-17-35-22)24-26-27-28-31(24)12-11-19-9-10-21(33-2)23(18-19)34-3/h6,8-10,17-18,20H,4-5,7,11-16H2,1-3H3/t20-/m1/s1. The van der Waals surface area contributed by atoms with Gasteiger partial charge < -0.3 is 18.8 Å². The number of ether oxygens (including phenoxy) is 2. The second-order valence-corrected chi connectivity index (χ2v) is 8.66. The summed E-state index contributed by atoms with van der Waals surface area (Å²) in [7, 11) is 3.27. The fourth-order valence-corrected chi connectivity index (χ4v) is 4.55. The average molecular weight is 483 g/mol. The lowest BCUT2D eigenvalue weighted by atomic mass is 10.1. The highest BCUT2D eigenvalue weighted by Crippen LogP contribution is 2.29. The first kappa shape index (κ1) is 24.7. The van der Waals surface area contributed by atoms with Crippen molar-refractivity contribution in [1.82, 2.24) is 30.0 Å². The van der Waals surface area contributed by atoms with Crippen LogP contribution in [0.15, 0.2) is 41.0 Å². The molecular weight excluding hydrogens is 448 g/mol. The van der Waals surface area contributed by atoms with E-state index in [1.54, 1.807) is 26.4 Å². The number of amides is 1. The van der Waals surface area contributed by atoms with Crippen LogP contribution in [0.5, 0.6) is 11.5 Å². The van der Waals surface area contributed by atoms with Gasteiger partial charge in [0.25, 0.3) is 5.91 Å². The van der Waals surface area contributed by atoms with Crippen LogP contribution in [0.4, 0.5) is 0 Å². The minimum Gasteiger partial charge on any atom is -0.493 e. The molecule has 2 aromatic heterocycles. The molecule has 0 bridgehead atoms. The number of hydrogen-bond donors (Lipinski definition) is 0. The molecule has 3 heterocycles. The van der Waals surface area contributed by atoms with Gasteiger partial charge in [-0.1, -0.05) is 25.8 Å². The van der Waals surface area contributed by atoms with Gasteiger partial charge in [0.2, 0.25) is 0 Å². The van der Waals surface area contributed by atoms with Crippen LogP contribution in [0.1, 0.15) is 54.2 Å². The zero-order chi connectivity index (χ0) is 24.6. The van der Waals surface area contributed by atoms with Crippen LogP contribution >= 0.6 is 0 Å². The quantitative estimate of drug-likeness (QED) is 0.411. The molecule has 1 aromatic carbocycles. The first-order valence-corrected chi connectivity index (χ1v) is 12.2. The number of hydrogen-bond acceptors (Lipinski definition) is 8. The number of carbonyl (C=O) groups excluding carboxylic acids is 1. The maximum Gasteiger partial charge on any atom is 0.289 e. The maximum absolute atomic E-state index is 12.7. The largest absolute Gasteiger partial charge is 0.493 e. The number of aromatic nitrogens is 4. The Bertz CT molecular complexity index is 1080. The van der Waals surface area contributed by atoms with Crippen molar-refractivity contribution in [2.24, 2.45) is 0 Å². The minimum absolute atomic E-state index is 0.0560. The Balaban J connectivity index is 1.43. The summed E-state index contributed by atoms with van der Waals surface area (Å²) >= 11 is 0. The predicted octanol–water partition coefficient (Wildman–Crippen LogP) is 3.22. The van der Waals surface area contributed by atoms with Crippen molar-refractivity contribution in [3.8, 4) is 11.5 Å². The summed E-state index contributed by atoms with van der Waals surface area (Å²) in [6.07, 6.45) is 5.45. The van der Waals surface area contributed by atoms with E-state index < -0.39 is 0 Å². The van der Waals surface area contributed by atoms with E-state index in [1.165, 1.54) is 6.26 Å². The second-order valence-electron chi connectivity index (χ2n) is 8.66. The van der Waals surface area contributed by atoms with Crippen molar-refractivity contribution in [3.63, 3.8) is 0 Å². The van der Waals surface area contributed by atoms with E-state index >= 15 is 0 Å². The number of carbonyl (C=O) groups is 1. The molecule has 1 aliphatic rings. The molecule has 10 heteroatoms. The summed E-state index contributed by atoms with van der Waals surface area (Å²) in [6.45, 7) is 5.69. The van der Waals surface area contributed by atoms with E-state index in [2.05, 4.69) is 27.3 Å².